The van der Waals surface area contributed by atoms with Crippen molar-refractivity contribution in [1.82, 2.24) is 9.78 Å². The van der Waals surface area contributed by atoms with Gasteiger partial charge >= 0.3 is 0 Å². The van der Waals surface area contributed by atoms with E-state index in [4.69, 9.17) is 16.3 Å². The van der Waals surface area contributed by atoms with E-state index in [1.54, 1.807) is 0 Å². The van der Waals surface area contributed by atoms with Gasteiger partial charge in [-0.15, -0.1) is 11.6 Å². The van der Waals surface area contributed by atoms with Gasteiger partial charge in [0.1, 0.15) is 12.4 Å². The fraction of sp³-hybridized carbons (Fsp3) is 0.353. The van der Waals surface area contributed by atoms with E-state index in [2.05, 4.69) is 30.8 Å². The number of rotatable bonds is 5. The van der Waals surface area contributed by atoms with Gasteiger partial charge < -0.3 is 4.74 Å². The minimum Gasteiger partial charge on any atom is -0.487 e. The Hall–Kier alpha value is -1.92. The molecule has 1 heterocycles. The maximum absolute atomic E-state index is 5.76. The maximum atomic E-state index is 5.76. The number of aromatic nitrogens is 2. The zero-order valence-corrected chi connectivity index (χ0v) is 13.1. The first kappa shape index (κ1) is 15.5. The second-order valence-corrected chi connectivity index (χ2v) is 5.32. The molecule has 0 aliphatic rings. The Morgan fingerprint density at radius 2 is 2.19 bits per heavy atom. The first-order chi connectivity index (χ1) is 10.2. The van der Waals surface area contributed by atoms with Crippen molar-refractivity contribution >= 4 is 11.6 Å². The molecule has 110 valence electrons. The van der Waals surface area contributed by atoms with E-state index in [-0.39, 0.29) is 0 Å². The van der Waals surface area contributed by atoms with Crippen molar-refractivity contribution in [1.29, 1.82) is 0 Å². The molecule has 2 rings (SSSR count). The van der Waals surface area contributed by atoms with Gasteiger partial charge in [0.2, 0.25) is 0 Å². The van der Waals surface area contributed by atoms with Gasteiger partial charge in [-0.1, -0.05) is 17.9 Å². The third-order valence-corrected chi connectivity index (χ3v) is 3.05. The van der Waals surface area contributed by atoms with Crippen LogP contribution in [0.15, 0.2) is 36.5 Å². The Bertz CT molecular complexity index is 637. The molecule has 0 bridgehead atoms. The molecule has 0 spiro atoms. The predicted molar refractivity (Wildman–Crippen MR) is 85.6 cm³/mol. The highest BCUT2D eigenvalue weighted by Crippen LogP contribution is 2.14. The normalized spacial score (nSPS) is 10.3. The van der Waals surface area contributed by atoms with Crippen LogP contribution in [-0.4, -0.2) is 15.7 Å². The summed E-state index contributed by atoms with van der Waals surface area (Å²) in [6, 6.07) is 10.1. The number of hydrogen-bond donors (Lipinski definition) is 0. The van der Waals surface area contributed by atoms with E-state index >= 15 is 0 Å². The van der Waals surface area contributed by atoms with Gasteiger partial charge in [0.05, 0.1) is 5.69 Å². The van der Waals surface area contributed by atoms with Crippen molar-refractivity contribution in [3.63, 3.8) is 0 Å². The smallest absolute Gasteiger partial charge is 0.132 e. The van der Waals surface area contributed by atoms with E-state index in [0.717, 1.165) is 17.0 Å². The van der Waals surface area contributed by atoms with Crippen molar-refractivity contribution < 1.29 is 4.74 Å². The lowest BCUT2D eigenvalue weighted by atomic mass is 10.2. The number of ether oxygens (including phenoxy) is 1. The fourth-order valence-corrected chi connectivity index (χ4v) is 1.87. The van der Waals surface area contributed by atoms with Crippen LogP contribution >= 0.6 is 11.6 Å². The van der Waals surface area contributed by atoms with Crippen LogP contribution in [0, 0.1) is 11.8 Å². The Morgan fingerprint density at radius 1 is 1.33 bits per heavy atom. The summed E-state index contributed by atoms with van der Waals surface area (Å²) in [7, 11) is 0. The summed E-state index contributed by atoms with van der Waals surface area (Å²) in [5.74, 6) is 7.44. The Labute approximate surface area is 130 Å². The quantitative estimate of drug-likeness (QED) is 0.616. The highest BCUT2D eigenvalue weighted by atomic mass is 35.5. The predicted octanol–water partition coefficient (Wildman–Crippen LogP) is 4.02. The molecule has 3 nitrogen and oxygen atoms in total. The summed E-state index contributed by atoms with van der Waals surface area (Å²) in [5, 5.41) is 4.46. The summed E-state index contributed by atoms with van der Waals surface area (Å²) in [6.07, 6.45) is 2.66. The lowest BCUT2D eigenvalue weighted by molar-refractivity contribution is 0.298. The fourth-order valence-electron chi connectivity index (χ4n) is 1.77. The molecule has 1 aromatic heterocycles. The van der Waals surface area contributed by atoms with Crippen molar-refractivity contribution in [3.05, 3.63) is 47.8 Å². The molecule has 0 atom stereocenters. The molecule has 0 aliphatic carbocycles. The first-order valence-corrected chi connectivity index (χ1v) is 7.54. The second kappa shape index (κ2) is 7.75. The van der Waals surface area contributed by atoms with Gasteiger partial charge in [-0.25, -0.2) is 0 Å². The summed E-state index contributed by atoms with van der Waals surface area (Å²) in [6.45, 7) is 4.65. The Morgan fingerprint density at radius 3 is 2.90 bits per heavy atom. The summed E-state index contributed by atoms with van der Waals surface area (Å²) in [5.41, 5.74) is 1.85. The lowest BCUT2D eigenvalue weighted by Crippen LogP contribution is -2.03. The van der Waals surface area contributed by atoms with E-state index in [0.29, 0.717) is 24.9 Å². The Balaban J connectivity index is 1.96. The summed E-state index contributed by atoms with van der Waals surface area (Å²) in [4.78, 5) is 0. The van der Waals surface area contributed by atoms with Gasteiger partial charge in [-0.2, -0.15) is 5.10 Å². The van der Waals surface area contributed by atoms with Gasteiger partial charge in [-0.3, -0.25) is 4.68 Å². The monoisotopic (exact) mass is 302 g/mol. The average molecular weight is 303 g/mol. The topological polar surface area (TPSA) is 27.1 Å². The standard InChI is InChI=1S/C17H19ClN2O/c1-14(2)20-11-9-16(19-20)13-21-17-8-5-7-15(12-17)6-3-4-10-18/h5,7-9,11-12,14H,4,10,13H2,1-2H3. The molecule has 0 radical (unpaired) electrons. The van der Waals surface area contributed by atoms with E-state index < -0.39 is 0 Å². The first-order valence-electron chi connectivity index (χ1n) is 7.01. The zero-order valence-electron chi connectivity index (χ0n) is 12.3. The average Bonchev–Trinajstić information content (AvgIpc) is 2.95. The van der Waals surface area contributed by atoms with E-state index in [1.807, 2.05) is 41.2 Å². The Kier molecular flexibility index (Phi) is 5.71. The maximum Gasteiger partial charge on any atom is 0.132 e. The molecule has 21 heavy (non-hydrogen) atoms. The molecule has 4 heteroatoms. The van der Waals surface area contributed by atoms with Crippen molar-refractivity contribution in [2.45, 2.75) is 32.9 Å². The summed E-state index contributed by atoms with van der Waals surface area (Å²) < 4.78 is 7.69. The third-order valence-electron chi connectivity index (χ3n) is 2.87. The van der Waals surface area contributed by atoms with Crippen LogP contribution in [0.2, 0.25) is 0 Å². The molecule has 0 fully saturated rings. The largest absolute Gasteiger partial charge is 0.487 e. The molecule has 0 N–H and O–H groups in total. The van der Waals surface area contributed by atoms with Crippen LogP contribution in [0.4, 0.5) is 0 Å². The van der Waals surface area contributed by atoms with Crippen LogP contribution in [0.5, 0.6) is 5.75 Å². The van der Waals surface area contributed by atoms with Crippen LogP contribution < -0.4 is 4.74 Å². The number of halogens is 1. The highest BCUT2D eigenvalue weighted by Gasteiger charge is 2.03. The molecule has 0 aliphatic heterocycles. The molecule has 0 saturated carbocycles. The SMILES string of the molecule is CC(C)n1ccc(COc2cccc(C#CCCCl)c2)n1. The minimum absolute atomic E-state index is 0.360. The molecule has 0 amide bonds. The molecule has 0 saturated heterocycles. The number of alkyl halides is 1. The minimum atomic E-state index is 0.360. The highest BCUT2D eigenvalue weighted by molar-refractivity contribution is 6.18. The van der Waals surface area contributed by atoms with E-state index in [9.17, 15) is 0 Å². The number of nitrogens with zero attached hydrogens (tertiary/aromatic N) is 2. The van der Waals surface area contributed by atoms with Crippen LogP contribution in [0.25, 0.3) is 0 Å². The van der Waals surface area contributed by atoms with Gasteiger partial charge in [-0.05, 0) is 38.1 Å². The van der Waals surface area contributed by atoms with Crippen LogP contribution in [-0.2, 0) is 6.61 Å². The van der Waals surface area contributed by atoms with Crippen molar-refractivity contribution in [3.8, 4) is 17.6 Å². The molecular formula is C17H19ClN2O. The van der Waals surface area contributed by atoms with Gasteiger partial charge in [0, 0.05) is 30.1 Å². The molecule has 2 aromatic rings. The number of hydrogen-bond acceptors (Lipinski definition) is 2. The summed E-state index contributed by atoms with van der Waals surface area (Å²) >= 11 is 5.60. The number of benzene rings is 1. The zero-order chi connectivity index (χ0) is 15.1. The molecule has 0 unspecified atom stereocenters. The lowest BCUT2D eigenvalue weighted by Gasteiger charge is -2.06. The van der Waals surface area contributed by atoms with Crippen molar-refractivity contribution in [2.24, 2.45) is 0 Å². The van der Waals surface area contributed by atoms with E-state index in [1.165, 1.54) is 0 Å². The van der Waals surface area contributed by atoms with Crippen LogP contribution in [0.1, 0.15) is 37.6 Å². The third kappa shape index (κ3) is 4.84. The molecular weight excluding hydrogens is 284 g/mol. The van der Waals surface area contributed by atoms with Crippen molar-refractivity contribution in [2.75, 3.05) is 5.88 Å². The van der Waals surface area contributed by atoms with Crippen LogP contribution in [0.3, 0.4) is 0 Å². The van der Waals surface area contributed by atoms with Gasteiger partial charge in [0.25, 0.3) is 0 Å². The molecule has 1 aromatic carbocycles. The second-order valence-electron chi connectivity index (χ2n) is 4.94. The van der Waals surface area contributed by atoms with Gasteiger partial charge in [0.15, 0.2) is 0 Å².